The fourth-order valence-electron chi connectivity index (χ4n) is 1.48. The maximum Gasteiger partial charge on any atom is 0.307 e. The molecule has 19 heavy (non-hydrogen) atoms. The second-order valence-electron chi connectivity index (χ2n) is 4.21. The van der Waals surface area contributed by atoms with Crippen molar-refractivity contribution in [2.75, 3.05) is 12.3 Å². The number of carbonyl (C=O) groups excluding carboxylic acids is 1. The van der Waals surface area contributed by atoms with Crippen LogP contribution in [0, 0.1) is 0 Å². The first-order chi connectivity index (χ1) is 9.11. The molecular weight excluding hydrogens is 262 g/mol. The highest BCUT2D eigenvalue weighted by Crippen LogP contribution is 2.18. The Morgan fingerprint density at radius 1 is 1.26 bits per heavy atom. The number of thioether (sulfide) groups is 1. The lowest BCUT2D eigenvalue weighted by atomic mass is 10.2. The molecule has 0 radical (unpaired) electrons. The summed E-state index contributed by atoms with van der Waals surface area (Å²) in [6, 6.07) is 7.27. The van der Waals surface area contributed by atoms with Gasteiger partial charge in [0.2, 0.25) is 5.91 Å². The molecule has 5 heteroatoms. The maximum absolute atomic E-state index is 11.5. The third-order valence-electron chi connectivity index (χ3n) is 2.50. The zero-order valence-electron chi connectivity index (χ0n) is 11.0. The third kappa shape index (κ3) is 6.86. The first kappa shape index (κ1) is 15.6. The molecule has 0 aliphatic rings. The first-order valence-electron chi connectivity index (χ1n) is 6.32. The van der Waals surface area contributed by atoms with Gasteiger partial charge in [0.05, 0.1) is 12.2 Å². The Kier molecular flexibility index (Phi) is 7.03. The molecule has 0 bridgehead atoms. The Labute approximate surface area is 117 Å². The van der Waals surface area contributed by atoms with Gasteiger partial charge in [-0.3, -0.25) is 9.59 Å². The van der Waals surface area contributed by atoms with Crippen LogP contribution in [0.15, 0.2) is 29.2 Å². The van der Waals surface area contributed by atoms with Crippen LogP contribution in [0.5, 0.6) is 0 Å². The molecule has 1 amide bonds. The van der Waals surface area contributed by atoms with Gasteiger partial charge in [-0.15, -0.1) is 11.8 Å². The van der Waals surface area contributed by atoms with E-state index in [2.05, 4.69) is 12.2 Å². The predicted molar refractivity (Wildman–Crippen MR) is 76.4 cm³/mol. The van der Waals surface area contributed by atoms with Crippen LogP contribution in [0.4, 0.5) is 0 Å². The van der Waals surface area contributed by atoms with E-state index < -0.39 is 5.97 Å². The van der Waals surface area contributed by atoms with Crippen LogP contribution in [-0.4, -0.2) is 29.3 Å². The lowest BCUT2D eigenvalue weighted by Crippen LogP contribution is -2.25. The van der Waals surface area contributed by atoms with Crippen molar-refractivity contribution >= 4 is 23.6 Å². The molecule has 0 saturated carbocycles. The van der Waals surface area contributed by atoms with Crippen molar-refractivity contribution in [2.45, 2.75) is 31.1 Å². The van der Waals surface area contributed by atoms with Crippen molar-refractivity contribution in [1.82, 2.24) is 5.32 Å². The zero-order chi connectivity index (χ0) is 14.1. The lowest BCUT2D eigenvalue weighted by Gasteiger charge is -2.05. The van der Waals surface area contributed by atoms with E-state index in [1.807, 2.05) is 12.1 Å². The standard InChI is InChI=1S/C14H19NO3S/c1-2-3-8-15-13(16)10-19-12-6-4-11(5-7-12)9-14(17)18/h4-7H,2-3,8-10H2,1H3,(H,15,16)(H,17,18). The van der Waals surface area contributed by atoms with Crippen molar-refractivity contribution in [1.29, 1.82) is 0 Å². The minimum atomic E-state index is -0.837. The van der Waals surface area contributed by atoms with Crippen molar-refractivity contribution in [3.8, 4) is 0 Å². The topological polar surface area (TPSA) is 66.4 Å². The number of carboxylic acids is 1. The van der Waals surface area contributed by atoms with Crippen molar-refractivity contribution in [3.05, 3.63) is 29.8 Å². The van der Waals surface area contributed by atoms with Gasteiger partial charge in [0.15, 0.2) is 0 Å². The SMILES string of the molecule is CCCCNC(=O)CSc1ccc(CC(=O)O)cc1. The summed E-state index contributed by atoms with van der Waals surface area (Å²) in [5.41, 5.74) is 0.768. The molecule has 4 nitrogen and oxygen atoms in total. The van der Waals surface area contributed by atoms with Crippen LogP contribution < -0.4 is 5.32 Å². The Morgan fingerprint density at radius 3 is 2.53 bits per heavy atom. The van der Waals surface area contributed by atoms with E-state index in [0.717, 1.165) is 29.8 Å². The van der Waals surface area contributed by atoms with Gasteiger partial charge in [0.1, 0.15) is 0 Å². The molecule has 0 saturated heterocycles. The number of unbranched alkanes of at least 4 members (excludes halogenated alkanes) is 1. The average molecular weight is 281 g/mol. The van der Waals surface area contributed by atoms with Crippen LogP contribution >= 0.6 is 11.8 Å². The summed E-state index contributed by atoms with van der Waals surface area (Å²) in [5, 5.41) is 11.5. The number of rotatable bonds is 8. The highest BCUT2D eigenvalue weighted by molar-refractivity contribution is 8.00. The number of carboxylic acid groups (broad SMARTS) is 1. The molecule has 0 atom stereocenters. The summed E-state index contributed by atoms with van der Waals surface area (Å²) in [6.45, 7) is 2.81. The van der Waals surface area contributed by atoms with E-state index in [9.17, 15) is 9.59 Å². The lowest BCUT2D eigenvalue weighted by molar-refractivity contribution is -0.136. The van der Waals surface area contributed by atoms with Gasteiger partial charge in [-0.2, -0.15) is 0 Å². The quantitative estimate of drug-likeness (QED) is 0.567. The van der Waals surface area contributed by atoms with Gasteiger partial charge in [0.25, 0.3) is 0 Å². The van der Waals surface area contributed by atoms with Crippen LogP contribution in [-0.2, 0) is 16.0 Å². The summed E-state index contributed by atoms with van der Waals surface area (Å²) in [5.74, 6) is -0.411. The maximum atomic E-state index is 11.5. The van der Waals surface area contributed by atoms with Crippen LogP contribution in [0.1, 0.15) is 25.3 Å². The second-order valence-corrected chi connectivity index (χ2v) is 5.26. The molecule has 0 heterocycles. The van der Waals surface area contributed by atoms with Crippen molar-refractivity contribution in [2.24, 2.45) is 0 Å². The van der Waals surface area contributed by atoms with Gasteiger partial charge in [-0.25, -0.2) is 0 Å². The molecule has 1 aromatic rings. The molecule has 2 N–H and O–H groups in total. The fraction of sp³-hybridized carbons (Fsp3) is 0.429. The van der Waals surface area contributed by atoms with Gasteiger partial charge in [-0.1, -0.05) is 25.5 Å². The molecule has 0 aliphatic heterocycles. The van der Waals surface area contributed by atoms with Gasteiger partial charge < -0.3 is 10.4 Å². The molecule has 1 aromatic carbocycles. The zero-order valence-corrected chi connectivity index (χ0v) is 11.8. The Balaban J connectivity index is 2.33. The largest absolute Gasteiger partial charge is 0.481 e. The van der Waals surface area contributed by atoms with E-state index >= 15 is 0 Å². The molecule has 1 rings (SSSR count). The Morgan fingerprint density at radius 2 is 1.95 bits per heavy atom. The minimum absolute atomic E-state index is 0.0302. The average Bonchev–Trinajstić information content (AvgIpc) is 2.37. The van der Waals surface area contributed by atoms with Gasteiger partial charge in [0, 0.05) is 11.4 Å². The van der Waals surface area contributed by atoms with E-state index in [1.54, 1.807) is 12.1 Å². The fourth-order valence-corrected chi connectivity index (χ4v) is 2.21. The van der Waals surface area contributed by atoms with Crippen molar-refractivity contribution in [3.63, 3.8) is 0 Å². The Hall–Kier alpha value is -1.49. The molecular formula is C14H19NO3S. The molecule has 104 valence electrons. The number of nitrogens with one attached hydrogen (secondary N) is 1. The number of hydrogen-bond donors (Lipinski definition) is 2. The van der Waals surface area contributed by atoms with Crippen molar-refractivity contribution < 1.29 is 14.7 Å². The summed E-state index contributed by atoms with van der Waals surface area (Å²) in [4.78, 5) is 23.0. The monoisotopic (exact) mass is 281 g/mol. The normalized spacial score (nSPS) is 10.2. The third-order valence-corrected chi connectivity index (χ3v) is 3.51. The summed E-state index contributed by atoms with van der Waals surface area (Å²) in [7, 11) is 0. The summed E-state index contributed by atoms with van der Waals surface area (Å²) >= 11 is 1.45. The van der Waals surface area contributed by atoms with Crippen LogP contribution in [0.3, 0.4) is 0 Å². The molecule has 0 fully saturated rings. The summed E-state index contributed by atoms with van der Waals surface area (Å²) < 4.78 is 0. The molecule has 0 spiro atoms. The number of carbonyl (C=O) groups is 2. The van der Waals surface area contributed by atoms with E-state index in [4.69, 9.17) is 5.11 Å². The highest BCUT2D eigenvalue weighted by atomic mass is 32.2. The number of amides is 1. The number of hydrogen-bond acceptors (Lipinski definition) is 3. The minimum Gasteiger partial charge on any atom is -0.481 e. The van der Waals surface area contributed by atoms with Crippen LogP contribution in [0.25, 0.3) is 0 Å². The molecule has 0 unspecified atom stereocenters. The van der Waals surface area contributed by atoms with Gasteiger partial charge in [-0.05, 0) is 24.1 Å². The molecule has 0 aliphatic carbocycles. The summed E-state index contributed by atoms with van der Waals surface area (Å²) in [6.07, 6.45) is 2.10. The number of aliphatic carboxylic acids is 1. The smallest absolute Gasteiger partial charge is 0.307 e. The van der Waals surface area contributed by atoms with E-state index in [-0.39, 0.29) is 12.3 Å². The van der Waals surface area contributed by atoms with E-state index in [0.29, 0.717) is 5.75 Å². The molecule has 0 aromatic heterocycles. The van der Waals surface area contributed by atoms with Gasteiger partial charge >= 0.3 is 5.97 Å². The van der Waals surface area contributed by atoms with Crippen LogP contribution in [0.2, 0.25) is 0 Å². The number of benzene rings is 1. The first-order valence-corrected chi connectivity index (χ1v) is 7.30. The predicted octanol–water partition coefficient (Wildman–Crippen LogP) is 2.32. The second kappa shape index (κ2) is 8.58. The highest BCUT2D eigenvalue weighted by Gasteiger charge is 2.03. The Bertz CT molecular complexity index is 417. The van der Waals surface area contributed by atoms with E-state index in [1.165, 1.54) is 11.8 Å².